The van der Waals surface area contributed by atoms with Crippen molar-refractivity contribution in [2.45, 2.75) is 37.9 Å². The molecule has 1 unspecified atom stereocenters. The zero-order chi connectivity index (χ0) is 9.97. The van der Waals surface area contributed by atoms with Gasteiger partial charge >= 0.3 is 0 Å². The molecule has 0 aromatic carbocycles. The molecule has 3 heteroatoms. The lowest BCUT2D eigenvalue weighted by molar-refractivity contribution is -0.131. The maximum absolute atomic E-state index is 12.0. The first-order valence-corrected chi connectivity index (χ1v) is 6.72. The molecule has 14 heavy (non-hydrogen) atoms. The predicted octanol–water partition coefficient (Wildman–Crippen LogP) is 2.14. The van der Waals surface area contributed by atoms with E-state index < -0.39 is 0 Å². The molecule has 0 bridgehead atoms. The van der Waals surface area contributed by atoms with E-state index in [9.17, 15) is 4.79 Å². The van der Waals surface area contributed by atoms with Crippen molar-refractivity contribution in [3.63, 3.8) is 0 Å². The number of rotatable bonds is 1. The van der Waals surface area contributed by atoms with E-state index >= 15 is 0 Å². The van der Waals surface area contributed by atoms with Gasteiger partial charge in [0.15, 0.2) is 0 Å². The summed E-state index contributed by atoms with van der Waals surface area (Å²) in [6.07, 6.45) is 4.73. The Bertz CT molecular complexity index is 205. The summed E-state index contributed by atoms with van der Waals surface area (Å²) in [5.41, 5.74) is 0. The maximum atomic E-state index is 12.0. The highest BCUT2D eigenvalue weighted by Crippen LogP contribution is 2.29. The lowest BCUT2D eigenvalue weighted by Gasteiger charge is -2.31. The second kappa shape index (κ2) is 4.56. The van der Waals surface area contributed by atoms with Crippen molar-refractivity contribution in [3.8, 4) is 0 Å². The molecule has 0 spiro atoms. The molecular formula is C11H19NOS. The van der Waals surface area contributed by atoms with E-state index in [-0.39, 0.29) is 0 Å². The van der Waals surface area contributed by atoms with Crippen molar-refractivity contribution in [3.05, 3.63) is 0 Å². The summed E-state index contributed by atoms with van der Waals surface area (Å²) < 4.78 is 0. The number of nitrogens with zero attached hydrogens (tertiary/aromatic N) is 1. The molecule has 0 aromatic rings. The van der Waals surface area contributed by atoms with Crippen LogP contribution in [0.2, 0.25) is 0 Å². The summed E-state index contributed by atoms with van der Waals surface area (Å²) in [4.78, 5) is 14.1. The molecule has 2 saturated heterocycles. The number of thioether (sulfide) groups is 1. The van der Waals surface area contributed by atoms with Crippen LogP contribution in [0.1, 0.15) is 32.6 Å². The molecule has 2 rings (SSSR count). The van der Waals surface area contributed by atoms with Gasteiger partial charge in [-0.3, -0.25) is 4.79 Å². The Balaban J connectivity index is 1.85. The summed E-state index contributed by atoms with van der Waals surface area (Å²) in [6, 6.07) is 0. The Morgan fingerprint density at radius 1 is 1.29 bits per heavy atom. The van der Waals surface area contributed by atoms with E-state index in [1.165, 1.54) is 25.0 Å². The monoisotopic (exact) mass is 213 g/mol. The van der Waals surface area contributed by atoms with Crippen LogP contribution in [0.3, 0.4) is 0 Å². The zero-order valence-electron chi connectivity index (χ0n) is 8.87. The van der Waals surface area contributed by atoms with Gasteiger partial charge in [0, 0.05) is 13.1 Å². The summed E-state index contributed by atoms with van der Waals surface area (Å²) in [7, 11) is 0. The van der Waals surface area contributed by atoms with E-state index in [1.54, 1.807) is 0 Å². The second-order valence-corrected chi connectivity index (χ2v) is 5.82. The molecule has 2 fully saturated rings. The average molecular weight is 213 g/mol. The molecule has 1 amide bonds. The van der Waals surface area contributed by atoms with Gasteiger partial charge in [-0.1, -0.05) is 6.92 Å². The molecule has 0 aromatic heterocycles. The molecule has 0 radical (unpaired) electrons. The number of likely N-dealkylation sites (tertiary alicyclic amines) is 1. The Kier molecular flexibility index (Phi) is 3.37. The number of piperidine rings is 1. The van der Waals surface area contributed by atoms with Crippen molar-refractivity contribution in [1.29, 1.82) is 0 Å². The minimum absolute atomic E-state index is 0.295. The van der Waals surface area contributed by atoms with Gasteiger partial charge in [0.25, 0.3) is 0 Å². The average Bonchev–Trinajstić information content (AvgIpc) is 2.71. The minimum Gasteiger partial charge on any atom is -0.342 e. The second-order valence-electron chi connectivity index (χ2n) is 4.51. The molecule has 0 aliphatic carbocycles. The largest absolute Gasteiger partial charge is 0.342 e. The Hall–Kier alpha value is -0.180. The van der Waals surface area contributed by atoms with Crippen LogP contribution >= 0.6 is 11.8 Å². The third-order valence-electron chi connectivity index (χ3n) is 3.30. The van der Waals surface area contributed by atoms with Crippen LogP contribution in [0.25, 0.3) is 0 Å². The predicted molar refractivity (Wildman–Crippen MR) is 60.5 cm³/mol. The number of carbonyl (C=O) groups is 1. The Morgan fingerprint density at radius 3 is 2.57 bits per heavy atom. The number of hydrogen-bond donors (Lipinski definition) is 0. The first kappa shape index (κ1) is 10.3. The van der Waals surface area contributed by atoms with Crippen LogP contribution in [0.4, 0.5) is 0 Å². The first-order chi connectivity index (χ1) is 6.77. The van der Waals surface area contributed by atoms with Crippen molar-refractivity contribution in [2.75, 3.05) is 18.8 Å². The number of hydrogen-bond acceptors (Lipinski definition) is 2. The third-order valence-corrected chi connectivity index (χ3v) is 4.66. The van der Waals surface area contributed by atoms with Gasteiger partial charge in [-0.25, -0.2) is 0 Å². The van der Waals surface area contributed by atoms with E-state index in [2.05, 4.69) is 11.8 Å². The number of carbonyl (C=O) groups excluding carboxylic acids is 1. The van der Waals surface area contributed by atoms with Crippen molar-refractivity contribution in [2.24, 2.45) is 5.92 Å². The molecule has 1 atom stereocenters. The highest BCUT2D eigenvalue weighted by atomic mass is 32.2. The van der Waals surface area contributed by atoms with Crippen LogP contribution in [0.15, 0.2) is 0 Å². The van der Waals surface area contributed by atoms with Gasteiger partial charge < -0.3 is 4.90 Å². The molecule has 2 heterocycles. The highest BCUT2D eigenvalue weighted by molar-refractivity contribution is 8.00. The lowest BCUT2D eigenvalue weighted by atomic mass is 9.99. The quantitative estimate of drug-likeness (QED) is 0.665. The molecule has 0 N–H and O–H groups in total. The molecule has 0 saturated carbocycles. The summed E-state index contributed by atoms with van der Waals surface area (Å²) in [5, 5.41) is 0.295. The van der Waals surface area contributed by atoms with Gasteiger partial charge in [0.1, 0.15) is 0 Å². The summed E-state index contributed by atoms with van der Waals surface area (Å²) >= 11 is 1.85. The minimum atomic E-state index is 0.295. The van der Waals surface area contributed by atoms with Gasteiger partial charge in [-0.2, -0.15) is 0 Å². The molecule has 2 aliphatic heterocycles. The van der Waals surface area contributed by atoms with Crippen molar-refractivity contribution >= 4 is 17.7 Å². The van der Waals surface area contributed by atoms with E-state index in [1.807, 2.05) is 11.8 Å². The van der Waals surface area contributed by atoms with Gasteiger partial charge in [-0.15, -0.1) is 11.8 Å². The SMILES string of the molecule is CC1CCN(C(=O)C2CCCS2)CC1. The van der Waals surface area contributed by atoms with E-state index in [0.29, 0.717) is 11.2 Å². The first-order valence-electron chi connectivity index (χ1n) is 5.68. The Morgan fingerprint density at radius 2 is 2.00 bits per heavy atom. The fourth-order valence-electron chi connectivity index (χ4n) is 2.21. The standard InChI is InChI=1S/C11H19NOS/c1-9-4-6-12(7-5-9)11(13)10-3-2-8-14-10/h9-10H,2-8H2,1H3. The van der Waals surface area contributed by atoms with Crippen LogP contribution < -0.4 is 0 Å². The molecule has 2 aliphatic rings. The Labute approximate surface area is 90.4 Å². The fourth-order valence-corrected chi connectivity index (χ4v) is 3.45. The lowest BCUT2D eigenvalue weighted by Crippen LogP contribution is -2.41. The van der Waals surface area contributed by atoms with Crippen molar-refractivity contribution in [1.82, 2.24) is 4.90 Å². The smallest absolute Gasteiger partial charge is 0.235 e. The van der Waals surface area contributed by atoms with Gasteiger partial charge in [0.2, 0.25) is 5.91 Å². The highest BCUT2D eigenvalue weighted by Gasteiger charge is 2.29. The summed E-state index contributed by atoms with van der Waals surface area (Å²) in [6.45, 7) is 4.28. The zero-order valence-corrected chi connectivity index (χ0v) is 9.68. The fraction of sp³-hybridized carbons (Fsp3) is 0.909. The molecular weight excluding hydrogens is 194 g/mol. The maximum Gasteiger partial charge on any atom is 0.235 e. The summed E-state index contributed by atoms with van der Waals surface area (Å²) in [5.74, 6) is 2.41. The van der Waals surface area contributed by atoms with Crippen LogP contribution in [-0.4, -0.2) is 34.9 Å². The molecule has 2 nitrogen and oxygen atoms in total. The van der Waals surface area contributed by atoms with E-state index in [4.69, 9.17) is 0 Å². The van der Waals surface area contributed by atoms with Crippen LogP contribution in [0, 0.1) is 5.92 Å². The van der Waals surface area contributed by atoms with Crippen LogP contribution in [0.5, 0.6) is 0 Å². The molecule has 80 valence electrons. The van der Waals surface area contributed by atoms with Gasteiger partial charge in [0.05, 0.1) is 5.25 Å². The van der Waals surface area contributed by atoms with Gasteiger partial charge in [-0.05, 0) is 37.4 Å². The normalized spacial score (nSPS) is 29.5. The van der Waals surface area contributed by atoms with E-state index in [0.717, 1.165) is 25.4 Å². The topological polar surface area (TPSA) is 20.3 Å². The van der Waals surface area contributed by atoms with Crippen LogP contribution in [-0.2, 0) is 4.79 Å². The van der Waals surface area contributed by atoms with Crippen molar-refractivity contribution < 1.29 is 4.79 Å². The number of amides is 1. The third kappa shape index (κ3) is 2.25.